The molecule has 1 aromatic carbocycles. The van der Waals surface area contributed by atoms with Crippen molar-refractivity contribution in [3.63, 3.8) is 0 Å². The van der Waals surface area contributed by atoms with Crippen molar-refractivity contribution in [2.75, 3.05) is 10.6 Å². The number of benzene rings is 1. The fourth-order valence-corrected chi connectivity index (χ4v) is 4.88. The van der Waals surface area contributed by atoms with Crippen LogP contribution in [0, 0.1) is 5.92 Å². The SMILES string of the molecule is CCCC1CCc2nc(NC(=O)c3cccc(NC(=O)c4cccnc4)c3)sc2C1. The molecule has 1 unspecified atom stereocenters. The molecule has 1 atom stereocenters. The summed E-state index contributed by atoms with van der Waals surface area (Å²) in [5, 5.41) is 6.37. The van der Waals surface area contributed by atoms with Gasteiger partial charge in [0.05, 0.1) is 11.3 Å². The van der Waals surface area contributed by atoms with Crippen LogP contribution in [0.15, 0.2) is 48.8 Å². The van der Waals surface area contributed by atoms with Crippen LogP contribution in [0.5, 0.6) is 0 Å². The van der Waals surface area contributed by atoms with Crippen molar-refractivity contribution in [3.8, 4) is 0 Å². The molecular formula is C23H24N4O2S. The van der Waals surface area contributed by atoms with Gasteiger partial charge in [-0.25, -0.2) is 4.98 Å². The predicted molar refractivity (Wildman–Crippen MR) is 119 cm³/mol. The normalized spacial score (nSPS) is 15.3. The van der Waals surface area contributed by atoms with Crippen LogP contribution in [0.1, 0.15) is 57.5 Å². The summed E-state index contributed by atoms with van der Waals surface area (Å²) in [4.78, 5) is 34.9. The molecule has 6 nitrogen and oxygen atoms in total. The van der Waals surface area contributed by atoms with Crippen molar-refractivity contribution in [1.29, 1.82) is 0 Å². The molecular weight excluding hydrogens is 396 g/mol. The zero-order valence-corrected chi connectivity index (χ0v) is 17.7. The lowest BCUT2D eigenvalue weighted by Crippen LogP contribution is -2.15. The van der Waals surface area contributed by atoms with E-state index >= 15 is 0 Å². The number of aromatic nitrogens is 2. The molecule has 7 heteroatoms. The third kappa shape index (κ3) is 4.74. The van der Waals surface area contributed by atoms with Gasteiger partial charge >= 0.3 is 0 Å². The number of aryl methyl sites for hydroxylation is 1. The highest BCUT2D eigenvalue weighted by atomic mass is 32.1. The summed E-state index contributed by atoms with van der Waals surface area (Å²) in [6.45, 7) is 2.22. The van der Waals surface area contributed by atoms with Crippen molar-refractivity contribution in [3.05, 3.63) is 70.5 Å². The summed E-state index contributed by atoms with van der Waals surface area (Å²) < 4.78 is 0. The van der Waals surface area contributed by atoms with E-state index in [4.69, 9.17) is 0 Å². The predicted octanol–water partition coefficient (Wildman–Crippen LogP) is 4.95. The number of nitrogens with one attached hydrogen (secondary N) is 2. The van der Waals surface area contributed by atoms with Gasteiger partial charge in [0, 0.05) is 28.5 Å². The molecule has 0 bridgehead atoms. The molecule has 154 valence electrons. The Morgan fingerprint density at radius 2 is 1.97 bits per heavy atom. The van der Waals surface area contributed by atoms with Gasteiger partial charge in [0.25, 0.3) is 11.8 Å². The van der Waals surface area contributed by atoms with E-state index in [1.54, 1.807) is 53.9 Å². The van der Waals surface area contributed by atoms with Crippen molar-refractivity contribution in [2.45, 2.75) is 39.0 Å². The van der Waals surface area contributed by atoms with Gasteiger partial charge in [-0.3, -0.25) is 19.9 Å². The number of pyridine rings is 1. The number of carbonyl (C=O) groups is 2. The molecule has 0 saturated heterocycles. The van der Waals surface area contributed by atoms with Gasteiger partial charge in [-0.1, -0.05) is 25.8 Å². The Kier molecular flexibility index (Phi) is 6.18. The van der Waals surface area contributed by atoms with Gasteiger partial charge < -0.3 is 5.32 Å². The van der Waals surface area contributed by atoms with Gasteiger partial charge in [-0.15, -0.1) is 11.3 Å². The fraction of sp³-hybridized carbons (Fsp3) is 0.304. The van der Waals surface area contributed by atoms with Crippen LogP contribution in [0.25, 0.3) is 0 Å². The third-order valence-corrected chi connectivity index (χ3v) is 6.30. The van der Waals surface area contributed by atoms with Crippen LogP contribution in [-0.4, -0.2) is 21.8 Å². The van der Waals surface area contributed by atoms with E-state index in [1.807, 2.05) is 0 Å². The van der Waals surface area contributed by atoms with Crippen LogP contribution in [0.4, 0.5) is 10.8 Å². The molecule has 0 fully saturated rings. The van der Waals surface area contributed by atoms with Crippen LogP contribution in [0.3, 0.4) is 0 Å². The van der Waals surface area contributed by atoms with E-state index in [9.17, 15) is 9.59 Å². The zero-order valence-electron chi connectivity index (χ0n) is 16.9. The maximum atomic E-state index is 12.7. The molecule has 0 saturated carbocycles. The lowest BCUT2D eigenvalue weighted by atomic mass is 9.88. The zero-order chi connectivity index (χ0) is 20.9. The quantitative estimate of drug-likeness (QED) is 0.591. The van der Waals surface area contributed by atoms with Crippen LogP contribution >= 0.6 is 11.3 Å². The molecule has 2 N–H and O–H groups in total. The monoisotopic (exact) mass is 420 g/mol. The number of amides is 2. The first kappa shape index (κ1) is 20.2. The second kappa shape index (κ2) is 9.17. The van der Waals surface area contributed by atoms with E-state index in [1.165, 1.54) is 30.3 Å². The van der Waals surface area contributed by atoms with Gasteiger partial charge in [0.15, 0.2) is 5.13 Å². The summed E-state index contributed by atoms with van der Waals surface area (Å²) >= 11 is 1.58. The Labute approximate surface area is 179 Å². The number of rotatable bonds is 6. The second-order valence-corrected chi connectivity index (χ2v) is 8.60. The minimum Gasteiger partial charge on any atom is -0.322 e. The number of thiazole rings is 1. The average molecular weight is 421 g/mol. The first-order valence-corrected chi connectivity index (χ1v) is 11.1. The van der Waals surface area contributed by atoms with Gasteiger partial charge in [-0.05, 0) is 55.5 Å². The standard InChI is InChI=1S/C23H24N4O2S/c1-2-5-15-9-10-19-20(12-15)30-23(26-19)27-21(28)16-6-3-8-18(13-16)25-22(29)17-7-4-11-24-14-17/h3-4,6-8,11,13-15H,2,5,9-10,12H2,1H3,(H,25,29)(H,26,27,28). The van der Waals surface area contributed by atoms with E-state index in [-0.39, 0.29) is 11.8 Å². The molecule has 3 aromatic rings. The Morgan fingerprint density at radius 3 is 2.77 bits per heavy atom. The summed E-state index contributed by atoms with van der Waals surface area (Å²) in [5.41, 5.74) is 2.61. The molecule has 30 heavy (non-hydrogen) atoms. The minimum atomic E-state index is -0.269. The van der Waals surface area contributed by atoms with Crippen molar-refractivity contribution >= 4 is 34.0 Å². The summed E-state index contributed by atoms with van der Waals surface area (Å²) in [6.07, 6.45) is 8.79. The van der Waals surface area contributed by atoms with Gasteiger partial charge in [-0.2, -0.15) is 0 Å². The number of carbonyl (C=O) groups excluding carboxylic acids is 2. The lowest BCUT2D eigenvalue weighted by Gasteiger charge is -2.19. The molecule has 2 amide bonds. The maximum absolute atomic E-state index is 12.7. The first-order valence-electron chi connectivity index (χ1n) is 10.2. The first-order chi connectivity index (χ1) is 14.6. The van der Waals surface area contributed by atoms with Crippen molar-refractivity contribution in [1.82, 2.24) is 9.97 Å². The third-order valence-electron chi connectivity index (χ3n) is 5.27. The van der Waals surface area contributed by atoms with Crippen molar-refractivity contribution in [2.24, 2.45) is 5.92 Å². The van der Waals surface area contributed by atoms with E-state index in [2.05, 4.69) is 27.5 Å². The summed E-state index contributed by atoms with van der Waals surface area (Å²) in [6, 6.07) is 10.3. The minimum absolute atomic E-state index is 0.233. The molecule has 2 aromatic heterocycles. The maximum Gasteiger partial charge on any atom is 0.257 e. The molecule has 4 rings (SSSR count). The van der Waals surface area contributed by atoms with Gasteiger partial charge in [0.1, 0.15) is 0 Å². The highest BCUT2D eigenvalue weighted by Gasteiger charge is 2.22. The van der Waals surface area contributed by atoms with E-state index < -0.39 is 0 Å². The molecule has 0 aliphatic heterocycles. The Bertz CT molecular complexity index is 1050. The van der Waals surface area contributed by atoms with Crippen molar-refractivity contribution < 1.29 is 9.59 Å². The number of hydrogen-bond donors (Lipinski definition) is 2. The van der Waals surface area contributed by atoms with Crippen LogP contribution < -0.4 is 10.6 Å². The highest BCUT2D eigenvalue weighted by molar-refractivity contribution is 7.15. The smallest absolute Gasteiger partial charge is 0.257 e. The molecule has 1 aliphatic carbocycles. The number of hydrogen-bond acceptors (Lipinski definition) is 5. The average Bonchev–Trinajstić information content (AvgIpc) is 3.16. The van der Waals surface area contributed by atoms with E-state index in [0.29, 0.717) is 21.9 Å². The highest BCUT2D eigenvalue weighted by Crippen LogP contribution is 2.34. The largest absolute Gasteiger partial charge is 0.322 e. The fourth-order valence-electron chi connectivity index (χ4n) is 3.76. The second-order valence-electron chi connectivity index (χ2n) is 7.52. The summed E-state index contributed by atoms with van der Waals surface area (Å²) in [7, 11) is 0. The molecule has 1 aliphatic rings. The topological polar surface area (TPSA) is 84.0 Å². The number of fused-ring (bicyclic) bond motifs is 1. The Morgan fingerprint density at radius 1 is 1.13 bits per heavy atom. The number of anilines is 2. The molecule has 2 heterocycles. The summed E-state index contributed by atoms with van der Waals surface area (Å²) in [5.74, 6) is 0.227. The number of nitrogens with zero attached hydrogens (tertiary/aromatic N) is 2. The lowest BCUT2D eigenvalue weighted by molar-refractivity contribution is 0.101. The van der Waals surface area contributed by atoms with Crippen LogP contribution in [-0.2, 0) is 12.8 Å². The van der Waals surface area contributed by atoms with E-state index in [0.717, 1.165) is 24.5 Å². The Balaban J connectivity index is 1.42. The molecule has 0 radical (unpaired) electrons. The van der Waals surface area contributed by atoms with Gasteiger partial charge in [0.2, 0.25) is 0 Å². The Hall–Kier alpha value is -3.06. The van der Waals surface area contributed by atoms with Crippen LogP contribution in [0.2, 0.25) is 0 Å². The molecule has 0 spiro atoms.